The Bertz CT molecular complexity index is 1060. The molecular weight excluding hydrogens is 644 g/mol. The number of carbonyl (C=O) groups excluding carboxylic acids is 2. The number of anilines is 1. The molecule has 1 aromatic rings. The van der Waals surface area contributed by atoms with E-state index in [1.54, 1.807) is 6.92 Å². The number of hydrogen-bond acceptors (Lipinski definition) is 14. The van der Waals surface area contributed by atoms with Gasteiger partial charge in [0.05, 0.1) is 66.0 Å². The molecule has 0 aliphatic carbocycles. The second kappa shape index (κ2) is 28.9. The van der Waals surface area contributed by atoms with Crippen LogP contribution in [0.3, 0.4) is 0 Å². The number of nitrogens with one attached hydrogen (secondary N) is 4. The smallest absolute Gasteiger partial charge is 0.407 e. The molecule has 16 nitrogen and oxygen atoms in total. The van der Waals surface area contributed by atoms with Gasteiger partial charge >= 0.3 is 6.09 Å². The minimum absolute atomic E-state index is 0.0604. The summed E-state index contributed by atoms with van der Waals surface area (Å²) in [6, 6.07) is 0. The van der Waals surface area contributed by atoms with Crippen LogP contribution in [0.1, 0.15) is 53.4 Å². The zero-order chi connectivity index (χ0) is 36.0. The Morgan fingerprint density at radius 2 is 1.04 bits per heavy atom. The summed E-state index contributed by atoms with van der Waals surface area (Å²) in [7, 11) is 0. The Balaban J connectivity index is 1.73. The fraction of sp³-hybridized carbons (Fsp3) is 0.818. The topological polar surface area (TPSA) is 190 Å². The number of alkyl carbamates (subject to hydrolysis) is 1. The average Bonchev–Trinajstić information content (AvgIpc) is 3.06. The maximum atomic E-state index is 11.9. The third-order valence-electron chi connectivity index (χ3n) is 6.26. The van der Waals surface area contributed by atoms with E-state index >= 15 is 0 Å². The zero-order valence-corrected chi connectivity index (χ0v) is 30.0. The summed E-state index contributed by atoms with van der Waals surface area (Å²) in [6.07, 6.45) is 2.44. The van der Waals surface area contributed by atoms with Crippen molar-refractivity contribution in [3.8, 4) is 5.75 Å². The van der Waals surface area contributed by atoms with Gasteiger partial charge in [0.15, 0.2) is 5.75 Å². The van der Waals surface area contributed by atoms with Gasteiger partial charge in [0.2, 0.25) is 5.91 Å². The molecule has 2 amide bonds. The van der Waals surface area contributed by atoms with E-state index in [9.17, 15) is 19.2 Å². The molecule has 0 unspecified atom stereocenters. The fourth-order valence-corrected chi connectivity index (χ4v) is 3.93. The second-order valence-electron chi connectivity index (χ2n) is 11.8. The van der Waals surface area contributed by atoms with E-state index in [4.69, 9.17) is 37.9 Å². The van der Waals surface area contributed by atoms with Crippen molar-refractivity contribution in [2.75, 3.05) is 124 Å². The van der Waals surface area contributed by atoms with Crippen molar-refractivity contribution in [2.24, 2.45) is 0 Å². The normalized spacial score (nSPS) is 11.5. The molecule has 4 N–H and O–H groups in total. The number of amides is 2. The van der Waals surface area contributed by atoms with Gasteiger partial charge < -0.3 is 59.2 Å². The molecule has 0 aromatic heterocycles. The van der Waals surface area contributed by atoms with Gasteiger partial charge in [-0.25, -0.2) is 4.79 Å². The number of ether oxygens (including phenoxy) is 8. The molecule has 0 spiro atoms. The molecule has 0 bridgehead atoms. The minimum atomic E-state index is -0.576. The van der Waals surface area contributed by atoms with E-state index in [1.807, 2.05) is 20.8 Å². The van der Waals surface area contributed by atoms with Crippen LogP contribution in [0.5, 0.6) is 5.75 Å². The van der Waals surface area contributed by atoms with Gasteiger partial charge in [0, 0.05) is 46.1 Å². The molecule has 16 heteroatoms. The van der Waals surface area contributed by atoms with Crippen LogP contribution in [0.2, 0.25) is 0 Å². The van der Waals surface area contributed by atoms with Gasteiger partial charge in [-0.05, 0) is 59.9 Å². The second-order valence-corrected chi connectivity index (χ2v) is 11.8. The van der Waals surface area contributed by atoms with Crippen molar-refractivity contribution in [2.45, 2.75) is 59.0 Å². The minimum Gasteiger partial charge on any atom is -0.488 e. The largest absolute Gasteiger partial charge is 0.488 e. The monoisotopic (exact) mass is 704 g/mol. The van der Waals surface area contributed by atoms with Gasteiger partial charge in [0.25, 0.3) is 10.9 Å². The van der Waals surface area contributed by atoms with Crippen LogP contribution in [0.25, 0.3) is 0 Å². The molecule has 0 aliphatic rings. The first-order chi connectivity index (χ1) is 23.7. The third-order valence-corrected chi connectivity index (χ3v) is 6.26. The highest BCUT2D eigenvalue weighted by atomic mass is 16.6. The Morgan fingerprint density at radius 3 is 1.53 bits per heavy atom. The zero-order valence-electron chi connectivity index (χ0n) is 30.0. The number of rotatable bonds is 33. The van der Waals surface area contributed by atoms with Gasteiger partial charge in [-0.3, -0.25) is 14.4 Å². The molecule has 0 radical (unpaired) electrons. The van der Waals surface area contributed by atoms with E-state index in [1.165, 1.54) is 0 Å². The van der Waals surface area contributed by atoms with E-state index in [0.29, 0.717) is 131 Å². The Kier molecular flexibility index (Phi) is 26.1. The molecule has 0 fully saturated rings. The molecule has 0 atom stereocenters. The SMILES string of the molecule is CCOc1c(NCCCOCCOCCOCCCNCC(=O)NCCCOCCOCCOCCCNC(=O)OC(C)(C)C)c(=O)c1=O. The van der Waals surface area contributed by atoms with E-state index in [-0.39, 0.29) is 23.9 Å². The summed E-state index contributed by atoms with van der Waals surface area (Å²) >= 11 is 0. The number of carbonyl (C=O) groups is 2. The van der Waals surface area contributed by atoms with Crippen LogP contribution in [-0.2, 0) is 38.0 Å². The Labute approximate surface area is 290 Å². The van der Waals surface area contributed by atoms with Crippen LogP contribution in [-0.4, -0.2) is 136 Å². The maximum absolute atomic E-state index is 11.9. The molecule has 49 heavy (non-hydrogen) atoms. The Hall–Kier alpha value is -2.86. The average molecular weight is 705 g/mol. The molecule has 1 rings (SSSR count). The van der Waals surface area contributed by atoms with E-state index in [0.717, 1.165) is 6.42 Å². The lowest BCUT2D eigenvalue weighted by molar-refractivity contribution is -0.120. The van der Waals surface area contributed by atoms with E-state index < -0.39 is 22.6 Å². The van der Waals surface area contributed by atoms with E-state index in [2.05, 4.69) is 21.3 Å². The van der Waals surface area contributed by atoms with Crippen LogP contribution >= 0.6 is 0 Å². The predicted molar refractivity (Wildman–Crippen MR) is 185 cm³/mol. The van der Waals surface area contributed by atoms with Crippen molar-refractivity contribution in [3.63, 3.8) is 0 Å². The lowest BCUT2D eigenvalue weighted by Crippen LogP contribution is -2.36. The quantitative estimate of drug-likeness (QED) is 0.0599. The lowest BCUT2D eigenvalue weighted by Gasteiger charge is -2.19. The molecular formula is C33H60N4O12. The molecule has 0 aliphatic heterocycles. The van der Waals surface area contributed by atoms with Gasteiger partial charge in [-0.15, -0.1) is 0 Å². The molecule has 284 valence electrons. The summed E-state index contributed by atoms with van der Waals surface area (Å²) in [5.74, 6) is 0.0620. The predicted octanol–water partition coefficient (Wildman–Crippen LogP) is 0.984. The third kappa shape index (κ3) is 24.9. The van der Waals surface area contributed by atoms with Crippen molar-refractivity contribution in [1.82, 2.24) is 16.0 Å². The van der Waals surface area contributed by atoms with Crippen molar-refractivity contribution < 1.29 is 47.5 Å². The summed E-state index contributed by atoms with van der Waals surface area (Å²) in [5.41, 5.74) is -1.36. The summed E-state index contributed by atoms with van der Waals surface area (Å²) in [6.45, 7) is 15.9. The summed E-state index contributed by atoms with van der Waals surface area (Å²) in [4.78, 5) is 46.4. The standard InChI is InChI=1S/C33H60N4O12/c1-5-48-31-28(29(39)30(31)40)36-12-8-16-44-20-24-46-22-18-42-14-6-10-34-26-27(38)35-11-7-15-43-19-23-47-25-21-45-17-9-13-37-32(41)49-33(2,3)4/h34,36H,5-26H2,1-4H3,(H,35,38)(H,37,41). The molecule has 1 aromatic carbocycles. The van der Waals surface area contributed by atoms with Crippen molar-refractivity contribution >= 4 is 17.7 Å². The summed E-state index contributed by atoms with van der Waals surface area (Å²) in [5, 5.41) is 11.6. The lowest BCUT2D eigenvalue weighted by atomic mass is 10.2. The van der Waals surface area contributed by atoms with Crippen LogP contribution < -0.4 is 36.9 Å². The van der Waals surface area contributed by atoms with Crippen LogP contribution in [0.4, 0.5) is 10.5 Å². The fourth-order valence-electron chi connectivity index (χ4n) is 3.93. The van der Waals surface area contributed by atoms with Crippen LogP contribution in [0, 0.1) is 0 Å². The highest BCUT2D eigenvalue weighted by Gasteiger charge is 2.21. The first kappa shape index (κ1) is 44.2. The highest BCUT2D eigenvalue weighted by molar-refractivity contribution is 5.77. The molecule has 0 saturated heterocycles. The van der Waals surface area contributed by atoms with Gasteiger partial charge in [-0.1, -0.05) is 0 Å². The first-order valence-electron chi connectivity index (χ1n) is 17.3. The Morgan fingerprint density at radius 1 is 0.592 bits per heavy atom. The molecule has 0 heterocycles. The summed E-state index contributed by atoms with van der Waals surface area (Å²) < 4.78 is 43.3. The van der Waals surface area contributed by atoms with Crippen molar-refractivity contribution in [3.05, 3.63) is 20.4 Å². The molecule has 0 saturated carbocycles. The van der Waals surface area contributed by atoms with Crippen LogP contribution in [0.15, 0.2) is 9.59 Å². The number of hydrogen-bond donors (Lipinski definition) is 4. The van der Waals surface area contributed by atoms with Crippen molar-refractivity contribution in [1.29, 1.82) is 0 Å². The highest BCUT2D eigenvalue weighted by Crippen LogP contribution is 2.16. The first-order valence-corrected chi connectivity index (χ1v) is 17.3. The maximum Gasteiger partial charge on any atom is 0.407 e. The van der Waals surface area contributed by atoms with Gasteiger partial charge in [-0.2, -0.15) is 0 Å². The van der Waals surface area contributed by atoms with Gasteiger partial charge in [0.1, 0.15) is 11.3 Å².